The second-order valence-electron chi connectivity index (χ2n) is 7.52. The van der Waals surface area contributed by atoms with Gasteiger partial charge in [0.2, 0.25) is 0 Å². The summed E-state index contributed by atoms with van der Waals surface area (Å²) in [7, 11) is 0. The van der Waals surface area contributed by atoms with E-state index in [0.717, 1.165) is 36.9 Å². The molecule has 0 saturated carbocycles. The molecule has 0 radical (unpaired) electrons. The summed E-state index contributed by atoms with van der Waals surface area (Å²) in [5, 5.41) is 20.1. The van der Waals surface area contributed by atoms with Crippen molar-refractivity contribution in [2.75, 3.05) is 26.3 Å². The fourth-order valence-corrected chi connectivity index (χ4v) is 3.79. The minimum absolute atomic E-state index is 0.156. The summed E-state index contributed by atoms with van der Waals surface area (Å²) in [6.07, 6.45) is 2.50. The first-order valence-corrected chi connectivity index (χ1v) is 9.93. The van der Waals surface area contributed by atoms with Gasteiger partial charge < -0.3 is 14.9 Å². The maximum absolute atomic E-state index is 10.6. The van der Waals surface area contributed by atoms with Gasteiger partial charge in [-0.15, -0.1) is 0 Å². The van der Waals surface area contributed by atoms with Gasteiger partial charge in [0.05, 0.1) is 19.3 Å². The second kappa shape index (κ2) is 10.00. The Morgan fingerprint density at radius 1 is 1.04 bits per heavy atom. The molecule has 1 aliphatic heterocycles. The van der Waals surface area contributed by atoms with Crippen LogP contribution in [-0.2, 0) is 4.74 Å². The number of aliphatic hydroxyl groups is 2. The number of hydrogen-bond donors (Lipinski definition) is 2. The number of rotatable bonds is 8. The largest absolute Gasteiger partial charge is 0.395 e. The molecule has 2 aromatic rings. The third kappa shape index (κ3) is 5.63. The average molecular weight is 370 g/mol. The number of benzene rings is 2. The first kappa shape index (κ1) is 20.0. The Morgan fingerprint density at radius 3 is 2.44 bits per heavy atom. The lowest BCUT2D eigenvalue weighted by Gasteiger charge is -2.36. The van der Waals surface area contributed by atoms with E-state index in [1.807, 2.05) is 18.2 Å². The molecule has 0 amide bonds. The molecule has 0 spiro atoms. The van der Waals surface area contributed by atoms with Gasteiger partial charge in [0.1, 0.15) is 6.10 Å². The zero-order valence-electron chi connectivity index (χ0n) is 16.1. The van der Waals surface area contributed by atoms with Gasteiger partial charge in [0.15, 0.2) is 0 Å². The summed E-state index contributed by atoms with van der Waals surface area (Å²) in [6, 6.07) is 18.6. The number of aryl methyl sites for hydroxylation is 1. The van der Waals surface area contributed by atoms with Crippen LogP contribution in [0.5, 0.6) is 0 Å². The number of ether oxygens (including phenoxy) is 1. The zero-order chi connectivity index (χ0) is 19.1. The van der Waals surface area contributed by atoms with Crippen LogP contribution >= 0.6 is 0 Å². The van der Waals surface area contributed by atoms with Gasteiger partial charge in [-0.1, -0.05) is 66.6 Å². The Hall–Kier alpha value is -1.72. The van der Waals surface area contributed by atoms with E-state index in [1.165, 1.54) is 5.56 Å². The van der Waals surface area contributed by atoms with Crippen molar-refractivity contribution in [1.29, 1.82) is 0 Å². The maximum atomic E-state index is 10.6. The molecule has 4 nitrogen and oxygen atoms in total. The Kier molecular flexibility index (Phi) is 7.41. The van der Waals surface area contributed by atoms with E-state index in [9.17, 15) is 10.2 Å². The molecule has 2 aromatic carbocycles. The van der Waals surface area contributed by atoms with E-state index in [4.69, 9.17) is 4.74 Å². The summed E-state index contributed by atoms with van der Waals surface area (Å²) >= 11 is 0. The average Bonchev–Trinajstić information content (AvgIpc) is 2.70. The Labute approximate surface area is 162 Å². The van der Waals surface area contributed by atoms with Crippen LogP contribution in [0.4, 0.5) is 0 Å². The third-order valence-corrected chi connectivity index (χ3v) is 5.34. The van der Waals surface area contributed by atoms with Crippen LogP contribution in [0.15, 0.2) is 54.6 Å². The van der Waals surface area contributed by atoms with Gasteiger partial charge in [0.25, 0.3) is 0 Å². The molecule has 0 bridgehead atoms. The number of likely N-dealkylation sites (tertiary alicyclic amines) is 1. The van der Waals surface area contributed by atoms with Crippen LogP contribution in [0, 0.1) is 6.92 Å². The second-order valence-corrected chi connectivity index (χ2v) is 7.52. The van der Waals surface area contributed by atoms with Gasteiger partial charge in [-0.2, -0.15) is 0 Å². The number of β-amino-alcohol motifs (C(OH)–C–C–N with tert-alkyl or cyclic N) is 1. The monoisotopic (exact) mass is 369 g/mol. The van der Waals surface area contributed by atoms with Gasteiger partial charge in [-0.3, -0.25) is 4.90 Å². The highest BCUT2D eigenvalue weighted by Gasteiger charge is 2.24. The third-order valence-electron chi connectivity index (χ3n) is 5.34. The highest BCUT2D eigenvalue weighted by molar-refractivity contribution is 5.31. The van der Waals surface area contributed by atoms with Crippen molar-refractivity contribution in [2.24, 2.45) is 0 Å². The lowest BCUT2D eigenvalue weighted by atomic mass is 10.0. The van der Waals surface area contributed by atoms with Crippen molar-refractivity contribution in [1.82, 2.24) is 4.90 Å². The van der Waals surface area contributed by atoms with E-state index in [1.54, 1.807) is 0 Å². The van der Waals surface area contributed by atoms with E-state index >= 15 is 0 Å². The molecule has 2 N–H and O–H groups in total. The summed E-state index contributed by atoms with van der Waals surface area (Å²) < 4.78 is 6.19. The maximum Gasteiger partial charge on any atom is 0.108 e. The number of hydrogen-bond acceptors (Lipinski definition) is 4. The molecule has 3 atom stereocenters. The fourth-order valence-electron chi connectivity index (χ4n) is 3.79. The van der Waals surface area contributed by atoms with Crippen molar-refractivity contribution >= 4 is 0 Å². The lowest BCUT2D eigenvalue weighted by Crippen LogP contribution is -2.46. The normalized spacial score (nSPS) is 20.3. The van der Waals surface area contributed by atoms with E-state index in [2.05, 4.69) is 48.2 Å². The minimum Gasteiger partial charge on any atom is -0.395 e. The molecule has 3 rings (SSSR count). The summed E-state index contributed by atoms with van der Waals surface area (Å²) in [5.74, 6) is 0. The van der Waals surface area contributed by atoms with E-state index in [0.29, 0.717) is 6.54 Å². The molecular weight excluding hydrogens is 338 g/mol. The van der Waals surface area contributed by atoms with Gasteiger partial charge in [0, 0.05) is 12.6 Å². The van der Waals surface area contributed by atoms with Crippen LogP contribution < -0.4 is 0 Å². The summed E-state index contributed by atoms with van der Waals surface area (Å²) in [6.45, 7) is 3.97. The molecule has 1 saturated heterocycles. The number of nitrogens with zero attached hydrogens (tertiary/aromatic N) is 1. The van der Waals surface area contributed by atoms with Crippen molar-refractivity contribution in [3.63, 3.8) is 0 Å². The highest BCUT2D eigenvalue weighted by Crippen LogP contribution is 2.26. The molecule has 1 heterocycles. The lowest BCUT2D eigenvalue weighted by molar-refractivity contribution is -0.0236. The van der Waals surface area contributed by atoms with Crippen LogP contribution in [-0.4, -0.2) is 53.6 Å². The van der Waals surface area contributed by atoms with Crippen LogP contribution in [0.2, 0.25) is 0 Å². The number of aliphatic hydroxyl groups excluding tert-OH is 2. The Bertz CT molecular complexity index is 674. The SMILES string of the molecule is Cc1ccc(C(OCC(O)CN2CCCCC2CO)c2ccccc2)cc1. The van der Waals surface area contributed by atoms with Gasteiger partial charge >= 0.3 is 0 Å². The molecular formula is C23H31NO3. The molecule has 1 fully saturated rings. The smallest absolute Gasteiger partial charge is 0.108 e. The molecule has 3 unspecified atom stereocenters. The van der Waals surface area contributed by atoms with Crippen molar-refractivity contribution in [3.05, 3.63) is 71.3 Å². The van der Waals surface area contributed by atoms with Gasteiger partial charge in [-0.25, -0.2) is 0 Å². The Balaban J connectivity index is 1.64. The predicted molar refractivity (Wildman–Crippen MR) is 108 cm³/mol. The summed E-state index contributed by atoms with van der Waals surface area (Å²) in [5.41, 5.74) is 3.38. The van der Waals surface area contributed by atoms with Crippen molar-refractivity contribution < 1.29 is 14.9 Å². The quantitative estimate of drug-likeness (QED) is 0.750. The number of piperidine rings is 1. The molecule has 0 aliphatic carbocycles. The molecule has 146 valence electrons. The summed E-state index contributed by atoms with van der Waals surface area (Å²) in [4.78, 5) is 2.20. The van der Waals surface area contributed by atoms with Crippen LogP contribution in [0.25, 0.3) is 0 Å². The standard InChI is InChI=1S/C23H31NO3/c1-18-10-12-20(13-11-18)23(19-7-3-2-4-8-19)27-17-22(26)15-24-14-6-5-9-21(24)16-25/h2-4,7-8,10-13,21-23,25-26H,5-6,9,14-17H2,1H3. The first-order valence-electron chi connectivity index (χ1n) is 9.93. The van der Waals surface area contributed by atoms with Crippen molar-refractivity contribution in [3.8, 4) is 0 Å². The first-order chi connectivity index (χ1) is 13.2. The minimum atomic E-state index is -0.575. The van der Waals surface area contributed by atoms with Crippen LogP contribution in [0.1, 0.15) is 42.1 Å². The molecule has 0 aromatic heterocycles. The molecule has 27 heavy (non-hydrogen) atoms. The molecule has 4 heteroatoms. The van der Waals surface area contributed by atoms with Crippen LogP contribution in [0.3, 0.4) is 0 Å². The highest BCUT2D eigenvalue weighted by atomic mass is 16.5. The predicted octanol–water partition coefficient (Wildman–Crippen LogP) is 3.31. The van der Waals surface area contributed by atoms with E-state index in [-0.39, 0.29) is 25.4 Å². The zero-order valence-corrected chi connectivity index (χ0v) is 16.1. The van der Waals surface area contributed by atoms with Crippen molar-refractivity contribution in [2.45, 2.75) is 44.4 Å². The molecule has 1 aliphatic rings. The topological polar surface area (TPSA) is 52.9 Å². The fraction of sp³-hybridized carbons (Fsp3) is 0.478. The Morgan fingerprint density at radius 2 is 1.74 bits per heavy atom. The van der Waals surface area contributed by atoms with E-state index < -0.39 is 6.10 Å². The van der Waals surface area contributed by atoms with Gasteiger partial charge in [-0.05, 0) is 37.4 Å².